The van der Waals surface area contributed by atoms with E-state index in [0.717, 1.165) is 11.1 Å². The number of carbonyl (C=O) groups is 2. The predicted octanol–water partition coefficient (Wildman–Crippen LogP) is 6.91. The van der Waals surface area contributed by atoms with Crippen LogP contribution in [0.15, 0.2) is 36.4 Å². The standard InChI is InChI=1S/C19H24Cl2N2O4.C7H6Cl2O/c1-19(2,3)27-18(25)23-9-13-7-22(8-14(13)10-23)17(24)26-11-12-4-15(20)6-16(21)5-12;8-6-1-5(4-10)2-7(9)3-6/h4-6,13-14H,7-11H2,1-3H3;1-3,10H,4H2/t13-,14+;. The van der Waals surface area contributed by atoms with Crippen LogP contribution in [0, 0.1) is 11.8 Å². The van der Waals surface area contributed by atoms with Gasteiger partial charge in [0.05, 0.1) is 6.61 Å². The van der Waals surface area contributed by atoms with Crippen LogP contribution in [0.4, 0.5) is 9.59 Å². The Labute approximate surface area is 237 Å². The van der Waals surface area contributed by atoms with E-state index in [-0.39, 0.29) is 37.2 Å². The minimum absolute atomic E-state index is 0.0275. The summed E-state index contributed by atoms with van der Waals surface area (Å²) in [5.41, 5.74) is 0.974. The lowest BCUT2D eigenvalue weighted by atomic mass is 10.0. The second kappa shape index (κ2) is 12.8. The molecular formula is C26H30Cl4N2O5. The number of halogens is 4. The van der Waals surface area contributed by atoms with Gasteiger partial charge in [-0.3, -0.25) is 0 Å². The van der Waals surface area contributed by atoms with Gasteiger partial charge in [-0.1, -0.05) is 46.4 Å². The molecule has 2 fully saturated rings. The lowest BCUT2D eigenvalue weighted by Gasteiger charge is -2.26. The fraction of sp³-hybridized carbons (Fsp3) is 0.462. The third-order valence-electron chi connectivity index (χ3n) is 5.79. The summed E-state index contributed by atoms with van der Waals surface area (Å²) in [5.74, 6) is 0.511. The highest BCUT2D eigenvalue weighted by atomic mass is 35.5. The second-order valence-electron chi connectivity index (χ2n) is 10.1. The number of hydrogen-bond donors (Lipinski definition) is 1. The molecule has 2 aliphatic rings. The van der Waals surface area contributed by atoms with Gasteiger partial charge in [0, 0.05) is 58.1 Å². The number of ether oxygens (including phenoxy) is 2. The number of likely N-dealkylation sites (tertiary alicyclic amines) is 2. The quantitative estimate of drug-likeness (QED) is 0.419. The molecule has 2 atom stereocenters. The van der Waals surface area contributed by atoms with Gasteiger partial charge in [0.2, 0.25) is 0 Å². The molecular weight excluding hydrogens is 562 g/mol. The monoisotopic (exact) mass is 590 g/mol. The number of rotatable bonds is 3. The Morgan fingerprint density at radius 3 is 1.59 bits per heavy atom. The van der Waals surface area contributed by atoms with Crippen molar-refractivity contribution in [3.63, 3.8) is 0 Å². The zero-order valence-electron chi connectivity index (χ0n) is 20.8. The molecule has 1 N–H and O–H groups in total. The van der Waals surface area contributed by atoms with Crippen LogP contribution in [0.25, 0.3) is 0 Å². The lowest BCUT2D eigenvalue weighted by molar-refractivity contribution is 0.0274. The van der Waals surface area contributed by atoms with E-state index in [4.69, 9.17) is 61.0 Å². The average Bonchev–Trinajstić information content (AvgIpc) is 3.35. The molecule has 0 saturated carbocycles. The Hall–Kier alpha value is -1.90. The van der Waals surface area contributed by atoms with Crippen molar-refractivity contribution in [2.24, 2.45) is 11.8 Å². The van der Waals surface area contributed by atoms with Crippen LogP contribution >= 0.6 is 46.4 Å². The maximum atomic E-state index is 12.4. The Kier molecular flexibility index (Phi) is 10.2. The van der Waals surface area contributed by atoms with Gasteiger partial charge in [0.15, 0.2) is 0 Å². The Morgan fingerprint density at radius 2 is 1.19 bits per heavy atom. The Balaban J connectivity index is 0.000000319. The van der Waals surface area contributed by atoms with Crippen molar-refractivity contribution in [2.45, 2.75) is 39.6 Å². The smallest absolute Gasteiger partial charge is 0.410 e. The van der Waals surface area contributed by atoms with Crippen molar-refractivity contribution >= 4 is 58.6 Å². The topological polar surface area (TPSA) is 79.3 Å². The van der Waals surface area contributed by atoms with Crippen molar-refractivity contribution in [1.82, 2.24) is 9.80 Å². The molecule has 2 aromatic rings. The van der Waals surface area contributed by atoms with E-state index in [0.29, 0.717) is 46.3 Å². The molecule has 202 valence electrons. The summed E-state index contributed by atoms with van der Waals surface area (Å²) in [5, 5.41) is 10.8. The largest absolute Gasteiger partial charge is 0.445 e. The molecule has 7 nitrogen and oxygen atoms in total. The molecule has 2 saturated heterocycles. The summed E-state index contributed by atoms with van der Waals surface area (Å²) in [6, 6.07) is 10.0. The molecule has 0 aliphatic carbocycles. The molecule has 0 spiro atoms. The molecule has 0 radical (unpaired) electrons. The second-order valence-corrected chi connectivity index (χ2v) is 11.8. The molecule has 37 heavy (non-hydrogen) atoms. The summed E-state index contributed by atoms with van der Waals surface area (Å²) >= 11 is 23.2. The number of carbonyl (C=O) groups excluding carboxylic acids is 2. The number of benzene rings is 2. The zero-order valence-corrected chi connectivity index (χ0v) is 23.9. The third-order valence-corrected chi connectivity index (χ3v) is 6.66. The van der Waals surface area contributed by atoms with E-state index in [1.165, 1.54) is 0 Å². The van der Waals surface area contributed by atoms with Gasteiger partial charge in [0.1, 0.15) is 12.2 Å². The highest BCUT2D eigenvalue weighted by molar-refractivity contribution is 6.35. The zero-order chi connectivity index (χ0) is 27.3. The first-order valence-electron chi connectivity index (χ1n) is 11.7. The molecule has 0 bridgehead atoms. The van der Waals surface area contributed by atoms with Crippen LogP contribution in [-0.2, 0) is 22.7 Å². The number of hydrogen-bond acceptors (Lipinski definition) is 5. The fourth-order valence-electron chi connectivity index (χ4n) is 4.25. The van der Waals surface area contributed by atoms with Crippen molar-refractivity contribution in [1.29, 1.82) is 0 Å². The predicted molar refractivity (Wildman–Crippen MR) is 145 cm³/mol. The molecule has 2 heterocycles. The van der Waals surface area contributed by atoms with Gasteiger partial charge in [0.25, 0.3) is 0 Å². The maximum Gasteiger partial charge on any atom is 0.410 e. The molecule has 11 heteroatoms. The van der Waals surface area contributed by atoms with Crippen LogP contribution in [0.5, 0.6) is 0 Å². The van der Waals surface area contributed by atoms with Crippen LogP contribution < -0.4 is 0 Å². The fourth-order valence-corrected chi connectivity index (χ4v) is 5.39. The van der Waals surface area contributed by atoms with Crippen molar-refractivity contribution in [2.75, 3.05) is 26.2 Å². The van der Waals surface area contributed by atoms with Crippen LogP contribution in [-0.4, -0.2) is 58.9 Å². The van der Waals surface area contributed by atoms with Gasteiger partial charge >= 0.3 is 12.2 Å². The first kappa shape index (κ1) is 29.7. The third kappa shape index (κ3) is 9.11. The van der Waals surface area contributed by atoms with Crippen LogP contribution in [0.2, 0.25) is 20.1 Å². The van der Waals surface area contributed by atoms with E-state index in [9.17, 15) is 9.59 Å². The van der Waals surface area contributed by atoms with Crippen molar-refractivity contribution in [3.8, 4) is 0 Å². The highest BCUT2D eigenvalue weighted by Gasteiger charge is 2.44. The summed E-state index contributed by atoms with van der Waals surface area (Å²) < 4.78 is 10.8. The summed E-state index contributed by atoms with van der Waals surface area (Å²) in [6.07, 6.45) is -0.645. The average molecular weight is 592 g/mol. The SMILES string of the molecule is CC(C)(C)OC(=O)N1C[C@H]2CN(C(=O)OCc3cc(Cl)cc(Cl)c3)C[C@H]2C1.OCc1cc(Cl)cc(Cl)c1. The molecule has 2 aromatic carbocycles. The van der Waals surface area contributed by atoms with Gasteiger partial charge in [-0.05, 0) is 68.3 Å². The highest BCUT2D eigenvalue weighted by Crippen LogP contribution is 2.32. The van der Waals surface area contributed by atoms with Crippen molar-refractivity contribution in [3.05, 3.63) is 67.6 Å². The van der Waals surface area contributed by atoms with Gasteiger partial charge in [-0.15, -0.1) is 0 Å². The number of aliphatic hydroxyl groups is 1. The van der Waals surface area contributed by atoms with E-state index in [1.54, 1.807) is 46.2 Å². The summed E-state index contributed by atoms with van der Waals surface area (Å²) in [6.45, 7) is 8.03. The Bertz CT molecular complexity index is 1070. The van der Waals surface area contributed by atoms with Gasteiger partial charge in [-0.25, -0.2) is 9.59 Å². The first-order chi connectivity index (χ1) is 17.3. The summed E-state index contributed by atoms with van der Waals surface area (Å²) in [7, 11) is 0. The van der Waals surface area contributed by atoms with E-state index in [2.05, 4.69) is 0 Å². The normalized spacial score (nSPS) is 18.7. The van der Waals surface area contributed by atoms with Crippen LogP contribution in [0.3, 0.4) is 0 Å². The van der Waals surface area contributed by atoms with Gasteiger partial charge in [-0.2, -0.15) is 0 Å². The summed E-state index contributed by atoms with van der Waals surface area (Å²) in [4.78, 5) is 28.0. The number of nitrogens with zero attached hydrogens (tertiary/aromatic N) is 2. The minimum Gasteiger partial charge on any atom is -0.445 e. The number of aliphatic hydroxyl groups excluding tert-OH is 1. The van der Waals surface area contributed by atoms with Crippen molar-refractivity contribution < 1.29 is 24.2 Å². The lowest BCUT2D eigenvalue weighted by Crippen LogP contribution is -2.38. The number of fused-ring (bicyclic) bond motifs is 1. The van der Waals surface area contributed by atoms with E-state index >= 15 is 0 Å². The molecule has 0 unspecified atom stereocenters. The van der Waals surface area contributed by atoms with Gasteiger partial charge < -0.3 is 24.4 Å². The molecule has 0 aromatic heterocycles. The minimum atomic E-state index is -0.506. The Morgan fingerprint density at radius 1 is 0.784 bits per heavy atom. The van der Waals surface area contributed by atoms with E-state index in [1.807, 2.05) is 20.8 Å². The maximum absolute atomic E-state index is 12.4. The molecule has 2 aliphatic heterocycles. The molecule has 4 rings (SSSR count). The molecule has 2 amide bonds. The van der Waals surface area contributed by atoms with E-state index < -0.39 is 5.60 Å². The van der Waals surface area contributed by atoms with Crippen LogP contribution in [0.1, 0.15) is 31.9 Å². The number of amides is 2. The first-order valence-corrected chi connectivity index (χ1v) is 13.2.